The zero-order chi connectivity index (χ0) is 14.7. The van der Waals surface area contributed by atoms with Gasteiger partial charge in [-0.1, -0.05) is 17.7 Å². The van der Waals surface area contributed by atoms with Gasteiger partial charge in [0.25, 0.3) is 0 Å². The summed E-state index contributed by atoms with van der Waals surface area (Å²) in [5.74, 6) is -0.988. The van der Waals surface area contributed by atoms with Gasteiger partial charge in [0.2, 0.25) is 0 Å². The molecule has 20 heavy (non-hydrogen) atoms. The second-order valence-electron chi connectivity index (χ2n) is 3.97. The number of hydrogen-bond donors (Lipinski definition) is 1. The molecule has 3 nitrogen and oxygen atoms in total. The second-order valence-corrected chi connectivity index (χ2v) is 5.54. The first-order valence-corrected chi connectivity index (χ1v) is 7.02. The molecule has 0 atom stereocenters. The van der Waals surface area contributed by atoms with Crippen molar-refractivity contribution >= 4 is 40.2 Å². The maximum Gasteiger partial charge on any atom is 0.335 e. The predicted molar refractivity (Wildman–Crippen MR) is 81.9 cm³/mol. The average Bonchev–Trinajstić information content (AvgIpc) is 2.39. The summed E-state index contributed by atoms with van der Waals surface area (Å²) in [6.07, 6.45) is 0. The fourth-order valence-corrected chi connectivity index (χ4v) is 2.25. The van der Waals surface area contributed by atoms with Gasteiger partial charge in [-0.15, -0.1) is 0 Å². The molecule has 0 unspecified atom stereocenters. The fraction of sp³-hybridized carbons (Fsp3) is 0.0714. The van der Waals surface area contributed by atoms with E-state index in [2.05, 4.69) is 0 Å². The van der Waals surface area contributed by atoms with E-state index in [0.717, 1.165) is 3.57 Å². The summed E-state index contributed by atoms with van der Waals surface area (Å²) in [5, 5.41) is 9.21. The topological polar surface area (TPSA) is 46.5 Å². The fourth-order valence-electron chi connectivity index (χ4n) is 1.54. The third kappa shape index (κ3) is 3.61. The van der Waals surface area contributed by atoms with Gasteiger partial charge in [0.1, 0.15) is 18.2 Å². The molecule has 2 rings (SSSR count). The summed E-state index contributed by atoms with van der Waals surface area (Å²) in [7, 11) is 0. The van der Waals surface area contributed by atoms with Crippen LogP contribution in [0, 0.1) is 9.39 Å². The van der Waals surface area contributed by atoms with Crippen LogP contribution in [0.25, 0.3) is 0 Å². The van der Waals surface area contributed by atoms with Gasteiger partial charge in [-0.05, 0) is 52.9 Å². The molecule has 0 bridgehead atoms. The van der Waals surface area contributed by atoms with Crippen LogP contribution in [0.1, 0.15) is 15.9 Å². The molecule has 0 saturated carbocycles. The van der Waals surface area contributed by atoms with E-state index in [-0.39, 0.29) is 17.2 Å². The number of rotatable bonds is 4. The maximum absolute atomic E-state index is 12.9. The Morgan fingerprint density at radius 2 is 2.05 bits per heavy atom. The van der Waals surface area contributed by atoms with Crippen molar-refractivity contribution in [2.45, 2.75) is 6.61 Å². The van der Waals surface area contributed by atoms with Crippen LogP contribution in [0.5, 0.6) is 5.75 Å². The number of carbonyl (C=O) groups is 1. The van der Waals surface area contributed by atoms with E-state index in [9.17, 15) is 9.18 Å². The molecule has 0 heterocycles. The third-order valence-corrected chi connectivity index (χ3v) is 3.82. The summed E-state index contributed by atoms with van der Waals surface area (Å²) in [4.78, 5) is 10.9. The zero-order valence-electron chi connectivity index (χ0n) is 10.1. The van der Waals surface area contributed by atoms with Crippen molar-refractivity contribution in [3.05, 3.63) is 61.9 Å². The first kappa shape index (κ1) is 15.1. The van der Waals surface area contributed by atoms with E-state index in [0.29, 0.717) is 11.3 Å². The molecular weight excluding hydrogens is 398 g/mol. The Hall–Kier alpha value is -1.34. The lowest BCUT2D eigenvalue weighted by molar-refractivity contribution is 0.0696. The number of carboxylic acid groups (broad SMARTS) is 1. The molecule has 0 spiro atoms. The lowest BCUT2D eigenvalue weighted by Crippen LogP contribution is -2.01. The molecule has 0 saturated heterocycles. The Morgan fingerprint density at radius 3 is 2.70 bits per heavy atom. The molecule has 104 valence electrons. The monoisotopic (exact) mass is 406 g/mol. The highest BCUT2D eigenvalue weighted by Gasteiger charge is 2.09. The Kier molecular flexibility index (Phi) is 4.82. The first-order valence-electron chi connectivity index (χ1n) is 5.57. The average molecular weight is 407 g/mol. The van der Waals surface area contributed by atoms with E-state index >= 15 is 0 Å². The SMILES string of the molecule is O=C(O)c1ccc(I)c(OCc2ccc(F)cc2Cl)c1. The van der Waals surface area contributed by atoms with Crippen LogP contribution in [-0.2, 0) is 6.61 Å². The molecule has 2 aromatic rings. The minimum atomic E-state index is -1.02. The minimum Gasteiger partial charge on any atom is -0.488 e. The van der Waals surface area contributed by atoms with Crippen molar-refractivity contribution in [1.29, 1.82) is 0 Å². The molecular formula is C14H9ClFIO3. The molecule has 0 radical (unpaired) electrons. The highest BCUT2D eigenvalue weighted by atomic mass is 127. The van der Waals surface area contributed by atoms with Crippen LogP contribution >= 0.6 is 34.2 Å². The summed E-state index contributed by atoms with van der Waals surface area (Å²) in [6, 6.07) is 8.64. The first-order chi connectivity index (χ1) is 9.47. The molecule has 6 heteroatoms. The van der Waals surface area contributed by atoms with E-state index < -0.39 is 11.8 Å². The van der Waals surface area contributed by atoms with Crippen molar-refractivity contribution in [2.75, 3.05) is 0 Å². The maximum atomic E-state index is 12.9. The Labute approximate surface area is 133 Å². The Bertz CT molecular complexity index is 661. The van der Waals surface area contributed by atoms with Gasteiger partial charge in [-0.2, -0.15) is 0 Å². The van der Waals surface area contributed by atoms with Crippen molar-refractivity contribution in [2.24, 2.45) is 0 Å². The summed E-state index contributed by atoms with van der Waals surface area (Å²) < 4.78 is 19.3. The molecule has 0 aliphatic heterocycles. The van der Waals surface area contributed by atoms with Gasteiger partial charge >= 0.3 is 5.97 Å². The van der Waals surface area contributed by atoms with Crippen LogP contribution in [0.15, 0.2) is 36.4 Å². The van der Waals surface area contributed by atoms with E-state index in [1.807, 2.05) is 22.6 Å². The van der Waals surface area contributed by atoms with Crippen LogP contribution in [0.3, 0.4) is 0 Å². The van der Waals surface area contributed by atoms with Gasteiger partial charge in [-0.25, -0.2) is 9.18 Å². The molecule has 1 N–H and O–H groups in total. The second kappa shape index (κ2) is 6.41. The molecule has 0 aromatic heterocycles. The van der Waals surface area contributed by atoms with Gasteiger partial charge in [-0.3, -0.25) is 0 Å². The normalized spacial score (nSPS) is 10.3. The number of carboxylic acids is 1. The number of ether oxygens (including phenoxy) is 1. The Morgan fingerprint density at radius 1 is 1.30 bits per heavy atom. The van der Waals surface area contributed by atoms with Crippen molar-refractivity contribution in [1.82, 2.24) is 0 Å². The summed E-state index contributed by atoms with van der Waals surface area (Å²) >= 11 is 7.95. The molecule has 0 aliphatic rings. The lowest BCUT2D eigenvalue weighted by atomic mass is 10.2. The summed E-state index contributed by atoms with van der Waals surface area (Å²) in [5.41, 5.74) is 0.773. The molecule has 0 aliphatic carbocycles. The predicted octanol–water partition coefficient (Wildman–Crippen LogP) is 4.36. The van der Waals surface area contributed by atoms with Gasteiger partial charge in [0.05, 0.1) is 14.2 Å². The Balaban J connectivity index is 2.18. The van der Waals surface area contributed by atoms with Crippen molar-refractivity contribution < 1.29 is 19.0 Å². The van der Waals surface area contributed by atoms with Crippen LogP contribution < -0.4 is 4.74 Å². The molecule has 2 aromatic carbocycles. The third-order valence-electron chi connectivity index (χ3n) is 2.58. The summed E-state index contributed by atoms with van der Waals surface area (Å²) in [6.45, 7) is 0.137. The number of aromatic carboxylic acids is 1. The number of benzene rings is 2. The highest BCUT2D eigenvalue weighted by molar-refractivity contribution is 14.1. The van der Waals surface area contributed by atoms with Crippen molar-refractivity contribution in [3.8, 4) is 5.75 Å². The highest BCUT2D eigenvalue weighted by Crippen LogP contribution is 2.25. The quantitative estimate of drug-likeness (QED) is 0.768. The number of halogens is 3. The van der Waals surface area contributed by atoms with Crippen LogP contribution in [0.4, 0.5) is 4.39 Å². The van der Waals surface area contributed by atoms with Gasteiger partial charge < -0.3 is 9.84 Å². The van der Waals surface area contributed by atoms with Crippen LogP contribution in [-0.4, -0.2) is 11.1 Å². The molecule has 0 amide bonds. The largest absolute Gasteiger partial charge is 0.488 e. The minimum absolute atomic E-state index is 0.137. The van der Waals surface area contributed by atoms with E-state index in [1.165, 1.54) is 30.3 Å². The van der Waals surface area contributed by atoms with Gasteiger partial charge in [0, 0.05) is 5.56 Å². The molecule has 0 fully saturated rings. The standard InChI is InChI=1S/C14H9ClFIO3/c15-11-6-10(16)3-1-9(11)7-20-13-5-8(14(18)19)2-4-12(13)17/h1-6H,7H2,(H,18,19). The van der Waals surface area contributed by atoms with Crippen LogP contribution in [0.2, 0.25) is 5.02 Å². The lowest BCUT2D eigenvalue weighted by Gasteiger charge is -2.10. The smallest absolute Gasteiger partial charge is 0.335 e. The zero-order valence-corrected chi connectivity index (χ0v) is 13.0. The van der Waals surface area contributed by atoms with Crippen molar-refractivity contribution in [3.63, 3.8) is 0 Å². The van der Waals surface area contributed by atoms with E-state index in [4.69, 9.17) is 21.4 Å². The van der Waals surface area contributed by atoms with E-state index in [1.54, 1.807) is 6.07 Å². The van der Waals surface area contributed by atoms with Gasteiger partial charge in [0.15, 0.2) is 0 Å². The number of hydrogen-bond acceptors (Lipinski definition) is 2.